The molecule has 2 rings (SSSR count). The van der Waals surface area contributed by atoms with Crippen LogP contribution in [-0.4, -0.2) is 45.0 Å². The molecule has 1 saturated heterocycles. The monoisotopic (exact) mass is 322 g/mol. The molecule has 2 atom stereocenters. The van der Waals surface area contributed by atoms with Crippen molar-refractivity contribution in [3.63, 3.8) is 0 Å². The predicted octanol–water partition coefficient (Wildman–Crippen LogP) is 2.86. The van der Waals surface area contributed by atoms with Gasteiger partial charge in [-0.3, -0.25) is 4.68 Å². The average molecular weight is 322 g/mol. The van der Waals surface area contributed by atoms with Gasteiger partial charge in [-0.1, -0.05) is 20.8 Å². The van der Waals surface area contributed by atoms with Gasteiger partial charge in [0.05, 0.1) is 30.2 Å². The van der Waals surface area contributed by atoms with Gasteiger partial charge in [-0.05, 0) is 38.0 Å². The number of aromatic nitrogens is 2. The van der Waals surface area contributed by atoms with E-state index in [1.165, 1.54) is 0 Å². The number of rotatable bonds is 5. The van der Waals surface area contributed by atoms with Crippen LogP contribution in [0.2, 0.25) is 0 Å². The van der Waals surface area contributed by atoms with Crippen molar-refractivity contribution in [3.8, 4) is 0 Å². The number of urea groups is 1. The smallest absolute Gasteiger partial charge is 0.322 e. The van der Waals surface area contributed by atoms with Crippen molar-refractivity contribution in [2.75, 3.05) is 18.5 Å². The number of nitrogens with zero attached hydrogens (tertiary/aromatic N) is 3. The van der Waals surface area contributed by atoms with Crippen molar-refractivity contribution in [2.45, 2.75) is 59.5 Å². The molecule has 1 aliphatic rings. The van der Waals surface area contributed by atoms with Crippen molar-refractivity contribution in [1.82, 2.24) is 14.7 Å². The van der Waals surface area contributed by atoms with E-state index in [0.29, 0.717) is 18.4 Å². The zero-order valence-corrected chi connectivity index (χ0v) is 14.7. The molecule has 1 aliphatic heterocycles. The minimum absolute atomic E-state index is 0.0151. The number of anilines is 1. The summed E-state index contributed by atoms with van der Waals surface area (Å²) >= 11 is 0. The van der Waals surface area contributed by atoms with Crippen LogP contribution in [0.25, 0.3) is 0 Å². The van der Waals surface area contributed by atoms with Crippen LogP contribution < -0.4 is 5.32 Å². The SMILES string of the molecule is Cc1c(NC(=O)N2CCCC(C)C2CO)cnn1CCC(C)C. The second-order valence-corrected chi connectivity index (χ2v) is 7.04. The van der Waals surface area contributed by atoms with E-state index in [-0.39, 0.29) is 18.7 Å². The molecule has 1 fully saturated rings. The van der Waals surface area contributed by atoms with Crippen LogP contribution in [0.15, 0.2) is 6.20 Å². The minimum Gasteiger partial charge on any atom is -0.394 e. The molecule has 6 nitrogen and oxygen atoms in total. The lowest BCUT2D eigenvalue weighted by Crippen LogP contribution is -2.51. The third-order valence-corrected chi connectivity index (χ3v) is 4.83. The van der Waals surface area contributed by atoms with Crippen LogP contribution in [0.3, 0.4) is 0 Å². The first kappa shape index (κ1) is 17.8. The maximum Gasteiger partial charge on any atom is 0.322 e. The quantitative estimate of drug-likeness (QED) is 0.875. The second-order valence-electron chi connectivity index (χ2n) is 7.04. The number of hydrogen-bond donors (Lipinski definition) is 2. The molecule has 0 aromatic carbocycles. The lowest BCUT2D eigenvalue weighted by molar-refractivity contribution is 0.0811. The maximum absolute atomic E-state index is 12.6. The van der Waals surface area contributed by atoms with Gasteiger partial charge in [-0.2, -0.15) is 5.10 Å². The Balaban J connectivity index is 2.02. The van der Waals surface area contributed by atoms with Gasteiger partial charge in [0.25, 0.3) is 0 Å². The molecule has 0 spiro atoms. The van der Waals surface area contributed by atoms with E-state index in [1.807, 2.05) is 11.6 Å². The van der Waals surface area contributed by atoms with Crippen LogP contribution >= 0.6 is 0 Å². The number of carbonyl (C=O) groups excluding carboxylic acids is 1. The topological polar surface area (TPSA) is 70.4 Å². The standard InChI is InChI=1S/C17H30N4O2/c1-12(2)7-9-21-14(4)15(10-18-21)19-17(23)20-8-5-6-13(3)16(20)11-22/h10,12-13,16,22H,5-9,11H2,1-4H3,(H,19,23). The van der Waals surface area contributed by atoms with E-state index in [9.17, 15) is 9.90 Å². The van der Waals surface area contributed by atoms with Gasteiger partial charge in [0, 0.05) is 13.1 Å². The number of nitrogens with one attached hydrogen (secondary N) is 1. The van der Waals surface area contributed by atoms with E-state index < -0.39 is 0 Å². The van der Waals surface area contributed by atoms with Gasteiger partial charge < -0.3 is 15.3 Å². The third-order valence-electron chi connectivity index (χ3n) is 4.83. The normalized spacial score (nSPS) is 21.7. The summed E-state index contributed by atoms with van der Waals surface area (Å²) in [6.45, 7) is 10.0. The minimum atomic E-state index is -0.137. The van der Waals surface area contributed by atoms with Gasteiger partial charge >= 0.3 is 6.03 Å². The van der Waals surface area contributed by atoms with E-state index in [4.69, 9.17) is 0 Å². The van der Waals surface area contributed by atoms with E-state index in [1.54, 1.807) is 11.1 Å². The summed E-state index contributed by atoms with van der Waals surface area (Å²) in [5.41, 5.74) is 1.73. The van der Waals surface area contributed by atoms with Crippen LogP contribution in [0.5, 0.6) is 0 Å². The zero-order chi connectivity index (χ0) is 17.0. The molecule has 0 saturated carbocycles. The molecular weight excluding hydrogens is 292 g/mol. The summed E-state index contributed by atoms with van der Waals surface area (Å²) < 4.78 is 1.94. The first-order valence-electron chi connectivity index (χ1n) is 8.65. The van der Waals surface area contributed by atoms with Crippen molar-refractivity contribution >= 4 is 11.7 Å². The predicted molar refractivity (Wildman–Crippen MR) is 91.4 cm³/mol. The number of amides is 2. The van der Waals surface area contributed by atoms with Gasteiger partial charge in [-0.15, -0.1) is 0 Å². The molecule has 0 bridgehead atoms. The number of aliphatic hydroxyl groups is 1. The van der Waals surface area contributed by atoms with Crippen molar-refractivity contribution in [1.29, 1.82) is 0 Å². The summed E-state index contributed by atoms with van der Waals surface area (Å²) in [6.07, 6.45) is 4.82. The number of piperidine rings is 1. The lowest BCUT2D eigenvalue weighted by Gasteiger charge is -2.38. The van der Waals surface area contributed by atoms with Crippen molar-refractivity contribution in [3.05, 3.63) is 11.9 Å². The van der Waals surface area contributed by atoms with Crippen LogP contribution in [0.1, 0.15) is 45.7 Å². The highest BCUT2D eigenvalue weighted by Gasteiger charge is 2.31. The Morgan fingerprint density at radius 3 is 2.91 bits per heavy atom. The largest absolute Gasteiger partial charge is 0.394 e. The fourth-order valence-electron chi connectivity index (χ4n) is 3.14. The molecule has 130 valence electrons. The maximum atomic E-state index is 12.6. The molecule has 1 aromatic heterocycles. The third kappa shape index (κ3) is 4.25. The number of aryl methyl sites for hydroxylation is 1. The number of hydrogen-bond acceptors (Lipinski definition) is 3. The Morgan fingerprint density at radius 1 is 1.52 bits per heavy atom. The molecule has 2 N–H and O–H groups in total. The Kier molecular flexibility index (Phi) is 6.04. The van der Waals surface area contributed by atoms with Gasteiger partial charge in [-0.25, -0.2) is 4.79 Å². The fraction of sp³-hybridized carbons (Fsp3) is 0.765. The lowest BCUT2D eigenvalue weighted by atomic mass is 9.91. The average Bonchev–Trinajstić information content (AvgIpc) is 2.85. The van der Waals surface area contributed by atoms with Crippen LogP contribution in [0, 0.1) is 18.8 Å². The first-order chi connectivity index (χ1) is 10.9. The Bertz CT molecular complexity index is 527. The van der Waals surface area contributed by atoms with Crippen molar-refractivity contribution in [2.24, 2.45) is 11.8 Å². The fourth-order valence-corrected chi connectivity index (χ4v) is 3.14. The van der Waals surface area contributed by atoms with Crippen LogP contribution in [-0.2, 0) is 6.54 Å². The molecule has 0 aliphatic carbocycles. The molecule has 2 heterocycles. The molecule has 1 aromatic rings. The Hall–Kier alpha value is -1.56. The van der Waals surface area contributed by atoms with Gasteiger partial charge in [0.15, 0.2) is 0 Å². The highest BCUT2D eigenvalue weighted by molar-refractivity contribution is 5.90. The summed E-state index contributed by atoms with van der Waals surface area (Å²) in [4.78, 5) is 14.3. The molecule has 0 radical (unpaired) electrons. The van der Waals surface area contributed by atoms with Gasteiger partial charge in [0.1, 0.15) is 0 Å². The highest BCUT2D eigenvalue weighted by Crippen LogP contribution is 2.24. The molecule has 6 heteroatoms. The van der Waals surface area contributed by atoms with E-state index in [2.05, 4.69) is 31.2 Å². The molecule has 2 unspecified atom stereocenters. The number of carbonyl (C=O) groups is 1. The Labute approximate surface area is 138 Å². The van der Waals surface area contributed by atoms with E-state index >= 15 is 0 Å². The molecular formula is C17H30N4O2. The number of aliphatic hydroxyl groups excluding tert-OH is 1. The highest BCUT2D eigenvalue weighted by atomic mass is 16.3. The summed E-state index contributed by atoms with van der Waals surface area (Å²) in [6, 6.07) is -0.234. The molecule has 2 amide bonds. The Morgan fingerprint density at radius 2 is 2.26 bits per heavy atom. The zero-order valence-electron chi connectivity index (χ0n) is 14.7. The second kappa shape index (κ2) is 7.81. The van der Waals surface area contributed by atoms with Crippen LogP contribution in [0.4, 0.5) is 10.5 Å². The van der Waals surface area contributed by atoms with Gasteiger partial charge in [0.2, 0.25) is 0 Å². The molecule has 23 heavy (non-hydrogen) atoms. The number of likely N-dealkylation sites (tertiary alicyclic amines) is 1. The van der Waals surface area contributed by atoms with E-state index in [0.717, 1.165) is 37.2 Å². The summed E-state index contributed by atoms with van der Waals surface area (Å²) in [5.74, 6) is 0.950. The first-order valence-corrected chi connectivity index (χ1v) is 8.65. The summed E-state index contributed by atoms with van der Waals surface area (Å²) in [7, 11) is 0. The summed E-state index contributed by atoms with van der Waals surface area (Å²) in [5, 5.41) is 16.9. The van der Waals surface area contributed by atoms with Crippen molar-refractivity contribution < 1.29 is 9.90 Å².